The fourth-order valence-corrected chi connectivity index (χ4v) is 8.65. The molecule has 248 valence electrons. The molecule has 2 aliphatic carbocycles. The van der Waals surface area contributed by atoms with Crippen LogP contribution in [-0.4, -0.2) is 20.4 Å². The fraction of sp³-hybridized carbons (Fsp3) is 0.442. The summed E-state index contributed by atoms with van der Waals surface area (Å²) in [5.74, 6) is 2.19. The molecule has 0 saturated heterocycles. The van der Waals surface area contributed by atoms with Gasteiger partial charge in [-0.3, -0.25) is 0 Å². The molecule has 4 heteroatoms. The van der Waals surface area contributed by atoms with E-state index in [1.54, 1.807) is 12.1 Å². The van der Waals surface area contributed by atoms with Crippen LogP contribution in [0.3, 0.4) is 0 Å². The third-order valence-corrected chi connectivity index (χ3v) is 11.1. The van der Waals surface area contributed by atoms with Gasteiger partial charge in [0.1, 0.15) is 23.0 Å². The van der Waals surface area contributed by atoms with Crippen LogP contribution in [0.2, 0.25) is 0 Å². The maximum atomic E-state index is 11.7. The zero-order valence-electron chi connectivity index (χ0n) is 28.8. The van der Waals surface area contributed by atoms with Gasteiger partial charge in [-0.1, -0.05) is 74.9 Å². The molecular weight excluding hydrogens is 580 g/mol. The standard InChI is InChI=1S/C43H52O4/c1-26-19-30(15-17-38(26)44)23-36-40(32-11-7-5-8-12-32)34(21-28(3)42(36)46)25-35-22-29(4)43(47)37(41(35)33-13-9-6-10-14-33)24-31-16-18-39(45)27(2)20-31/h15-22,32-33,44-47H,5-14,23-25H2,1-4H3. The summed E-state index contributed by atoms with van der Waals surface area (Å²) in [6, 6.07) is 16.1. The van der Waals surface area contributed by atoms with E-state index in [4.69, 9.17) is 0 Å². The normalized spacial score (nSPS) is 16.1. The molecule has 6 rings (SSSR count). The van der Waals surface area contributed by atoms with Crippen molar-refractivity contribution < 1.29 is 20.4 Å². The van der Waals surface area contributed by atoms with Gasteiger partial charge in [-0.25, -0.2) is 0 Å². The summed E-state index contributed by atoms with van der Waals surface area (Å²) in [4.78, 5) is 0. The molecule has 0 unspecified atom stereocenters. The second kappa shape index (κ2) is 14.1. The van der Waals surface area contributed by atoms with Crippen molar-refractivity contribution in [2.24, 2.45) is 0 Å². The lowest BCUT2D eigenvalue weighted by Gasteiger charge is -2.31. The summed E-state index contributed by atoms with van der Waals surface area (Å²) < 4.78 is 0. The lowest BCUT2D eigenvalue weighted by Crippen LogP contribution is -2.15. The highest BCUT2D eigenvalue weighted by Crippen LogP contribution is 2.46. The van der Waals surface area contributed by atoms with Crippen molar-refractivity contribution in [2.45, 2.75) is 123 Å². The maximum absolute atomic E-state index is 11.7. The van der Waals surface area contributed by atoms with Crippen LogP contribution in [0.5, 0.6) is 23.0 Å². The third kappa shape index (κ3) is 7.03. The first kappa shape index (κ1) is 33.0. The van der Waals surface area contributed by atoms with Crippen molar-refractivity contribution >= 4 is 0 Å². The van der Waals surface area contributed by atoms with Gasteiger partial charge in [0.05, 0.1) is 0 Å². The van der Waals surface area contributed by atoms with E-state index in [1.165, 1.54) is 60.8 Å². The number of hydrogen-bond acceptors (Lipinski definition) is 4. The van der Waals surface area contributed by atoms with E-state index in [-0.39, 0.29) is 0 Å². The Hall–Kier alpha value is -3.92. The van der Waals surface area contributed by atoms with Gasteiger partial charge in [0.25, 0.3) is 0 Å². The number of aromatic hydroxyl groups is 4. The number of phenolic OH excluding ortho intramolecular Hbond substituents is 4. The summed E-state index contributed by atoms with van der Waals surface area (Å²) in [7, 11) is 0. The van der Waals surface area contributed by atoms with Crippen molar-refractivity contribution in [3.8, 4) is 23.0 Å². The first-order chi connectivity index (χ1) is 22.6. The van der Waals surface area contributed by atoms with Gasteiger partial charge in [-0.2, -0.15) is 0 Å². The van der Waals surface area contributed by atoms with E-state index >= 15 is 0 Å². The molecule has 0 aromatic heterocycles. The highest BCUT2D eigenvalue weighted by Gasteiger charge is 2.29. The van der Waals surface area contributed by atoms with Gasteiger partial charge < -0.3 is 20.4 Å². The fourth-order valence-electron chi connectivity index (χ4n) is 8.65. The Kier molecular flexibility index (Phi) is 9.87. The average Bonchev–Trinajstić information content (AvgIpc) is 3.06. The molecule has 0 spiro atoms. The largest absolute Gasteiger partial charge is 0.508 e. The van der Waals surface area contributed by atoms with Crippen LogP contribution >= 0.6 is 0 Å². The summed E-state index contributed by atoms with van der Waals surface area (Å²) >= 11 is 0. The van der Waals surface area contributed by atoms with Crippen LogP contribution in [0.25, 0.3) is 0 Å². The SMILES string of the molecule is Cc1cc(Cc2c(O)c(C)cc(Cc3cc(C)c(O)c(Cc4ccc(O)c(C)c4)c3C3CCCCC3)c2C2CCCCC2)ccc1O. The number of rotatable bonds is 8. The average molecular weight is 633 g/mol. The molecule has 0 heterocycles. The van der Waals surface area contributed by atoms with Crippen LogP contribution in [-0.2, 0) is 19.3 Å². The molecule has 0 bridgehead atoms. The van der Waals surface area contributed by atoms with Crippen molar-refractivity contribution in [3.05, 3.63) is 115 Å². The van der Waals surface area contributed by atoms with Crippen LogP contribution in [0.15, 0.2) is 48.5 Å². The molecule has 0 atom stereocenters. The highest BCUT2D eigenvalue weighted by molar-refractivity contribution is 5.58. The maximum Gasteiger partial charge on any atom is 0.122 e. The topological polar surface area (TPSA) is 80.9 Å². The minimum atomic E-state index is 0.298. The quantitative estimate of drug-likeness (QED) is 0.156. The number of hydrogen-bond donors (Lipinski definition) is 4. The predicted octanol–water partition coefficient (Wildman–Crippen LogP) is 10.6. The second-order valence-corrected chi connectivity index (χ2v) is 14.6. The lowest BCUT2D eigenvalue weighted by atomic mass is 9.74. The summed E-state index contributed by atoms with van der Waals surface area (Å²) in [5.41, 5.74) is 13.0. The molecule has 0 radical (unpaired) electrons. The molecule has 0 aliphatic heterocycles. The van der Waals surface area contributed by atoms with E-state index in [0.717, 1.165) is 76.6 Å². The van der Waals surface area contributed by atoms with Crippen LogP contribution in [0.1, 0.15) is 143 Å². The van der Waals surface area contributed by atoms with Crippen LogP contribution in [0, 0.1) is 27.7 Å². The predicted molar refractivity (Wildman–Crippen MR) is 191 cm³/mol. The smallest absolute Gasteiger partial charge is 0.122 e. The molecule has 47 heavy (non-hydrogen) atoms. The van der Waals surface area contributed by atoms with Gasteiger partial charge in [0.15, 0.2) is 0 Å². The Morgan fingerprint density at radius 3 is 1.21 bits per heavy atom. The monoisotopic (exact) mass is 632 g/mol. The van der Waals surface area contributed by atoms with Gasteiger partial charge >= 0.3 is 0 Å². The summed E-state index contributed by atoms with van der Waals surface area (Å²) in [6.07, 6.45) is 13.9. The van der Waals surface area contributed by atoms with E-state index < -0.39 is 0 Å². The van der Waals surface area contributed by atoms with Crippen molar-refractivity contribution in [1.29, 1.82) is 0 Å². The number of benzene rings is 4. The highest BCUT2D eigenvalue weighted by atomic mass is 16.3. The van der Waals surface area contributed by atoms with Crippen molar-refractivity contribution in [2.75, 3.05) is 0 Å². The Balaban J connectivity index is 1.51. The van der Waals surface area contributed by atoms with Gasteiger partial charge in [0.2, 0.25) is 0 Å². The zero-order valence-corrected chi connectivity index (χ0v) is 28.8. The third-order valence-electron chi connectivity index (χ3n) is 11.1. The molecule has 2 fully saturated rings. The molecular formula is C43H52O4. The molecule has 4 aromatic rings. The summed E-state index contributed by atoms with van der Waals surface area (Å²) in [6.45, 7) is 7.91. The molecule has 2 aliphatic rings. The Morgan fingerprint density at radius 2 is 0.851 bits per heavy atom. The molecule has 0 amide bonds. The molecule has 4 nitrogen and oxygen atoms in total. The Bertz CT molecular complexity index is 1630. The first-order valence-corrected chi connectivity index (χ1v) is 17.9. The Morgan fingerprint density at radius 1 is 0.468 bits per heavy atom. The molecule has 4 N–H and O–H groups in total. The minimum absolute atomic E-state index is 0.298. The van der Waals surface area contributed by atoms with Crippen molar-refractivity contribution in [1.82, 2.24) is 0 Å². The van der Waals surface area contributed by atoms with Gasteiger partial charge in [0, 0.05) is 24.0 Å². The van der Waals surface area contributed by atoms with Gasteiger partial charge in [-0.15, -0.1) is 0 Å². The number of phenols is 4. The van der Waals surface area contributed by atoms with E-state index in [2.05, 4.69) is 12.1 Å². The van der Waals surface area contributed by atoms with E-state index in [9.17, 15) is 20.4 Å². The van der Waals surface area contributed by atoms with Crippen LogP contribution in [0.4, 0.5) is 0 Å². The van der Waals surface area contributed by atoms with E-state index in [0.29, 0.717) is 47.7 Å². The molecule has 4 aromatic carbocycles. The molecule has 2 saturated carbocycles. The summed E-state index contributed by atoms with van der Waals surface area (Å²) in [5, 5.41) is 43.8. The second-order valence-electron chi connectivity index (χ2n) is 14.6. The Labute approximate surface area is 281 Å². The van der Waals surface area contributed by atoms with Crippen LogP contribution < -0.4 is 0 Å². The zero-order chi connectivity index (χ0) is 33.2. The lowest BCUT2D eigenvalue weighted by molar-refractivity contribution is 0.428. The first-order valence-electron chi connectivity index (χ1n) is 17.9. The van der Waals surface area contributed by atoms with Crippen molar-refractivity contribution in [3.63, 3.8) is 0 Å². The number of aryl methyl sites for hydroxylation is 4. The van der Waals surface area contributed by atoms with E-state index in [1.807, 2.05) is 52.0 Å². The minimum Gasteiger partial charge on any atom is -0.508 e. The van der Waals surface area contributed by atoms with Gasteiger partial charge in [-0.05, 0) is 139 Å².